The fraction of sp³-hybridized carbons (Fsp3) is 1.00. The second-order valence-electron chi connectivity index (χ2n) is 1.40. The smallest absolute Gasteiger partial charge is 0.118 e. The first-order valence-corrected chi connectivity index (χ1v) is 8.97. The number of hydrogen-bond donors (Lipinski definition) is 0. The second-order valence-corrected chi connectivity index (χ2v) is 10.8. The van der Waals surface area contributed by atoms with E-state index < -0.39 is 0 Å². The maximum absolute atomic E-state index is 2.10. The predicted molar refractivity (Wildman–Crippen MR) is 58.0 cm³/mol. The molecule has 0 nitrogen and oxygen atoms in total. The van der Waals surface area contributed by atoms with E-state index in [1.807, 2.05) is 43.2 Å². The third-order valence-electron chi connectivity index (χ3n) is 0.834. The highest BCUT2D eigenvalue weighted by Gasteiger charge is 2.30. The van der Waals surface area contributed by atoms with Gasteiger partial charge < -0.3 is 0 Å². The van der Waals surface area contributed by atoms with Crippen LogP contribution in [0.5, 0.6) is 0 Å². The molecule has 0 amide bonds. The van der Waals surface area contributed by atoms with Gasteiger partial charge in [0.2, 0.25) is 0 Å². The van der Waals surface area contributed by atoms with Crippen LogP contribution >= 0.6 is 66.7 Å². The van der Waals surface area contributed by atoms with Gasteiger partial charge in [0.25, 0.3) is 0 Å². The summed E-state index contributed by atoms with van der Waals surface area (Å²) in [6.07, 6.45) is 0. The van der Waals surface area contributed by atoms with Crippen LogP contribution < -0.4 is 0 Å². The molecule has 2 heterocycles. The average molecular weight is 232 g/mol. The molecular formula is C3H4S6. The van der Waals surface area contributed by atoms with Crippen molar-refractivity contribution in [1.29, 1.82) is 0 Å². The van der Waals surface area contributed by atoms with Crippen LogP contribution in [0.4, 0.5) is 0 Å². The molecule has 2 rings (SSSR count). The van der Waals surface area contributed by atoms with Crippen LogP contribution in [0.15, 0.2) is 0 Å². The van der Waals surface area contributed by atoms with Crippen molar-refractivity contribution in [3.63, 3.8) is 0 Å². The SMILES string of the molecule is C1SSC2SSC(S1)S2. The van der Waals surface area contributed by atoms with Crippen LogP contribution in [0.1, 0.15) is 0 Å². The third kappa shape index (κ3) is 2.02. The van der Waals surface area contributed by atoms with Gasteiger partial charge in [0.05, 0.1) is 5.08 Å². The van der Waals surface area contributed by atoms with E-state index in [9.17, 15) is 0 Å². The van der Waals surface area contributed by atoms with Gasteiger partial charge in [-0.2, -0.15) is 0 Å². The molecule has 2 atom stereocenters. The Morgan fingerprint density at radius 3 is 2.89 bits per heavy atom. The zero-order valence-corrected chi connectivity index (χ0v) is 9.21. The predicted octanol–water partition coefficient (Wildman–Crippen LogP) is 3.77. The van der Waals surface area contributed by atoms with Crippen molar-refractivity contribution in [3.05, 3.63) is 0 Å². The molecule has 0 N–H and O–H groups in total. The van der Waals surface area contributed by atoms with E-state index in [-0.39, 0.29) is 0 Å². The minimum absolute atomic E-state index is 0.806. The Morgan fingerprint density at radius 1 is 1.00 bits per heavy atom. The standard InChI is InChI=1S/C3H4S6/c1-4-2-6-3(7-5-1)9-8-2/h2-3H,1H2. The Bertz CT molecular complexity index is 92.5. The van der Waals surface area contributed by atoms with Crippen molar-refractivity contribution in [1.82, 2.24) is 0 Å². The second kappa shape index (κ2) is 3.67. The van der Waals surface area contributed by atoms with Crippen molar-refractivity contribution < 1.29 is 0 Å². The van der Waals surface area contributed by atoms with Crippen LogP contribution in [0.2, 0.25) is 0 Å². The zero-order valence-electron chi connectivity index (χ0n) is 4.31. The van der Waals surface area contributed by atoms with Crippen LogP contribution in [-0.2, 0) is 0 Å². The van der Waals surface area contributed by atoms with Gasteiger partial charge in [0, 0.05) is 0 Å². The van der Waals surface area contributed by atoms with Crippen molar-refractivity contribution in [2.24, 2.45) is 0 Å². The first kappa shape index (κ1) is 7.73. The van der Waals surface area contributed by atoms with Gasteiger partial charge >= 0.3 is 0 Å². The summed E-state index contributed by atoms with van der Waals surface area (Å²) in [7, 11) is 8.09. The molecule has 2 fully saturated rings. The van der Waals surface area contributed by atoms with Crippen LogP contribution in [0, 0.1) is 0 Å². The van der Waals surface area contributed by atoms with Crippen molar-refractivity contribution in [2.75, 3.05) is 5.08 Å². The van der Waals surface area contributed by atoms with E-state index in [1.54, 1.807) is 0 Å². The van der Waals surface area contributed by atoms with Crippen LogP contribution in [0.3, 0.4) is 0 Å². The quantitative estimate of drug-likeness (QED) is 0.579. The molecule has 52 valence electrons. The number of hydrogen-bond acceptors (Lipinski definition) is 6. The van der Waals surface area contributed by atoms with Gasteiger partial charge in [-0.25, -0.2) is 0 Å². The molecule has 0 aromatic rings. The monoisotopic (exact) mass is 232 g/mol. The first-order chi connectivity index (χ1) is 4.45. The molecule has 0 aliphatic carbocycles. The highest BCUT2D eigenvalue weighted by Crippen LogP contribution is 2.64. The topological polar surface area (TPSA) is 0 Å². The molecule has 2 bridgehead atoms. The van der Waals surface area contributed by atoms with Crippen molar-refractivity contribution >= 4 is 66.7 Å². The lowest BCUT2D eigenvalue weighted by Crippen LogP contribution is -1.80. The lowest BCUT2D eigenvalue weighted by molar-refractivity contribution is 2.01. The summed E-state index contributed by atoms with van der Waals surface area (Å²) >= 11 is 4.18. The van der Waals surface area contributed by atoms with E-state index in [0.29, 0.717) is 0 Å². The molecule has 0 saturated carbocycles. The molecule has 2 aliphatic heterocycles. The number of thioether (sulfide) groups is 2. The molecule has 0 spiro atoms. The maximum Gasteiger partial charge on any atom is 0.118 e. The number of fused-ring (bicyclic) bond motifs is 2. The van der Waals surface area contributed by atoms with Gasteiger partial charge in [-0.05, 0) is 0 Å². The fourth-order valence-corrected chi connectivity index (χ4v) is 13.6. The van der Waals surface area contributed by atoms with E-state index in [4.69, 9.17) is 0 Å². The summed E-state index contributed by atoms with van der Waals surface area (Å²) in [6.45, 7) is 0. The van der Waals surface area contributed by atoms with Gasteiger partial charge in [0.1, 0.15) is 7.83 Å². The molecule has 2 saturated heterocycles. The normalized spacial score (nSPS) is 42.7. The van der Waals surface area contributed by atoms with Gasteiger partial charge in [0.15, 0.2) is 0 Å². The average Bonchev–Trinajstić information content (AvgIpc) is 2.09. The molecule has 2 aliphatic rings. The minimum atomic E-state index is 0.806. The lowest BCUT2D eigenvalue weighted by Gasteiger charge is -2.02. The van der Waals surface area contributed by atoms with Crippen molar-refractivity contribution in [3.8, 4) is 0 Å². The molecule has 2 unspecified atom stereocenters. The van der Waals surface area contributed by atoms with Crippen LogP contribution in [0.25, 0.3) is 0 Å². The maximum atomic E-state index is 2.10. The van der Waals surface area contributed by atoms with Gasteiger partial charge in [-0.15, -0.1) is 23.5 Å². The van der Waals surface area contributed by atoms with Gasteiger partial charge in [-0.3, -0.25) is 0 Å². The minimum Gasteiger partial charge on any atom is -0.124 e. The highest BCUT2D eigenvalue weighted by atomic mass is 33.1. The molecular weight excluding hydrogens is 228 g/mol. The lowest BCUT2D eigenvalue weighted by atomic mass is 11.8. The molecule has 9 heavy (non-hydrogen) atoms. The Labute approximate surface area is 79.0 Å². The first-order valence-electron chi connectivity index (χ1n) is 2.32. The van der Waals surface area contributed by atoms with Crippen LogP contribution in [-0.4, -0.2) is 12.9 Å². The van der Waals surface area contributed by atoms with E-state index in [1.165, 1.54) is 5.08 Å². The Kier molecular flexibility index (Phi) is 3.15. The third-order valence-corrected chi connectivity index (χ3v) is 12.6. The Hall–Kier alpha value is 2.10. The van der Waals surface area contributed by atoms with Gasteiger partial charge in [-0.1, -0.05) is 43.2 Å². The number of rotatable bonds is 0. The summed E-state index contributed by atoms with van der Waals surface area (Å²) in [5.74, 6) is 0. The zero-order chi connectivity index (χ0) is 6.10. The summed E-state index contributed by atoms with van der Waals surface area (Å²) in [5.41, 5.74) is 0. The molecule has 6 heteroatoms. The largest absolute Gasteiger partial charge is 0.124 e. The van der Waals surface area contributed by atoms with E-state index >= 15 is 0 Å². The summed E-state index contributed by atoms with van der Waals surface area (Å²) < 4.78 is 1.63. The van der Waals surface area contributed by atoms with Crippen molar-refractivity contribution in [2.45, 2.75) is 7.83 Å². The summed E-state index contributed by atoms with van der Waals surface area (Å²) in [5, 5.41) is 1.27. The van der Waals surface area contributed by atoms with E-state index in [2.05, 4.69) is 23.5 Å². The highest BCUT2D eigenvalue weighted by molar-refractivity contribution is 8.94. The summed E-state index contributed by atoms with van der Waals surface area (Å²) in [6, 6.07) is 0. The van der Waals surface area contributed by atoms with E-state index in [0.717, 1.165) is 7.83 Å². The molecule has 0 radical (unpaired) electrons. The fourth-order valence-electron chi connectivity index (χ4n) is 0.499. The Balaban J connectivity index is 1.99. The molecule has 0 aromatic carbocycles. The Morgan fingerprint density at radius 2 is 1.89 bits per heavy atom. The molecule has 0 aromatic heterocycles. The summed E-state index contributed by atoms with van der Waals surface area (Å²) in [4.78, 5) is 0.